The molecule has 0 aromatic rings. The average molecular weight is 751 g/mol. The predicted molar refractivity (Wildman–Crippen MR) is 197 cm³/mol. The maximum atomic E-state index is 12.7. The van der Waals surface area contributed by atoms with E-state index in [-0.39, 0.29) is 19.6 Å². The van der Waals surface area contributed by atoms with Crippen LogP contribution in [0.2, 0.25) is 0 Å². The molecule has 0 aromatic heterocycles. The van der Waals surface area contributed by atoms with Gasteiger partial charge < -0.3 is 34.3 Å². The molecule has 0 radical (unpaired) electrons. The zero-order valence-electron chi connectivity index (χ0n) is 31.4. The van der Waals surface area contributed by atoms with Gasteiger partial charge in [0.15, 0.2) is 6.29 Å². The summed E-state index contributed by atoms with van der Waals surface area (Å²) >= 11 is 0. The van der Waals surface area contributed by atoms with Gasteiger partial charge in [-0.05, 0) is 57.8 Å². The number of esters is 1. The quantitative estimate of drug-likeness (QED) is 0.0236. The van der Waals surface area contributed by atoms with Crippen molar-refractivity contribution in [3.63, 3.8) is 0 Å². The van der Waals surface area contributed by atoms with Gasteiger partial charge in [-0.15, -0.1) is 0 Å². The highest BCUT2D eigenvalue weighted by molar-refractivity contribution is 7.80. The molecule has 300 valence electrons. The lowest BCUT2D eigenvalue weighted by Crippen LogP contribution is -2.60. The number of rotatable bonds is 33. The molecular weight excluding hydrogens is 680 g/mol. The molecular formula is C38H70O12S. The summed E-state index contributed by atoms with van der Waals surface area (Å²) in [5.41, 5.74) is 0. The summed E-state index contributed by atoms with van der Waals surface area (Å²) in [6.07, 6.45) is 22.2. The average Bonchev–Trinajstić information content (AvgIpc) is 3.09. The minimum atomic E-state index is -5.06. The third-order valence-electron chi connectivity index (χ3n) is 8.80. The predicted octanol–water partition coefficient (Wildman–Crippen LogP) is 6.90. The van der Waals surface area contributed by atoms with E-state index >= 15 is 0 Å². The van der Waals surface area contributed by atoms with Crippen molar-refractivity contribution in [3.8, 4) is 0 Å². The normalized spacial score (nSPS) is 21.9. The van der Waals surface area contributed by atoms with Crippen LogP contribution in [0.25, 0.3) is 0 Å². The Kier molecular flexibility index (Phi) is 28.9. The molecule has 1 saturated heterocycles. The molecule has 0 aromatic carbocycles. The Morgan fingerprint density at radius 2 is 1.25 bits per heavy atom. The number of carbonyl (C=O) groups excluding carboxylic acids is 1. The Morgan fingerprint density at radius 3 is 1.82 bits per heavy atom. The number of unbranched alkanes of at least 4 members (excludes halogenated alkanes) is 16. The van der Waals surface area contributed by atoms with Crippen LogP contribution in [-0.2, 0) is 38.3 Å². The first-order valence-corrected chi connectivity index (χ1v) is 21.0. The Bertz CT molecular complexity index is 1000. The summed E-state index contributed by atoms with van der Waals surface area (Å²) in [4.78, 5) is 12.7. The maximum absolute atomic E-state index is 12.7. The van der Waals surface area contributed by atoms with Gasteiger partial charge in [0.1, 0.15) is 30.5 Å². The Labute approximate surface area is 308 Å². The molecule has 1 rings (SSSR count). The first-order chi connectivity index (χ1) is 24.6. The van der Waals surface area contributed by atoms with E-state index in [1.165, 1.54) is 51.4 Å². The van der Waals surface area contributed by atoms with Crippen LogP contribution in [0.1, 0.15) is 149 Å². The van der Waals surface area contributed by atoms with E-state index in [0.29, 0.717) is 13.0 Å². The fourth-order valence-corrected chi connectivity index (χ4v) is 6.27. The van der Waals surface area contributed by atoms with Crippen LogP contribution in [0.15, 0.2) is 24.3 Å². The topological polar surface area (TPSA) is 178 Å². The summed E-state index contributed by atoms with van der Waals surface area (Å²) < 4.78 is 58.7. The van der Waals surface area contributed by atoms with Crippen LogP contribution in [0, 0.1) is 0 Å². The molecule has 1 heterocycles. The summed E-state index contributed by atoms with van der Waals surface area (Å²) in [5, 5.41) is 30.5. The zero-order chi connectivity index (χ0) is 37.6. The molecule has 0 amide bonds. The van der Waals surface area contributed by atoms with Crippen molar-refractivity contribution in [1.29, 1.82) is 0 Å². The Morgan fingerprint density at radius 1 is 0.725 bits per heavy atom. The third kappa shape index (κ3) is 25.3. The number of hydrogen-bond acceptors (Lipinski definition) is 11. The van der Waals surface area contributed by atoms with Gasteiger partial charge >= 0.3 is 16.4 Å². The summed E-state index contributed by atoms with van der Waals surface area (Å²) in [7, 11) is -5.06. The SMILES string of the molecule is CCCC/C=C\CCCCCCCCOCC(COC1OC(CO)C(O)C(OS(=O)(=O)O)C1O)OC(=O)CCCCCCC/C=C\CCCCC. The lowest BCUT2D eigenvalue weighted by molar-refractivity contribution is -0.301. The van der Waals surface area contributed by atoms with E-state index in [0.717, 1.165) is 70.6 Å². The summed E-state index contributed by atoms with van der Waals surface area (Å²) in [5.74, 6) is -0.413. The summed E-state index contributed by atoms with van der Waals surface area (Å²) in [6.45, 7) is 3.88. The fraction of sp³-hybridized carbons (Fsp3) is 0.868. The van der Waals surface area contributed by atoms with Crippen molar-refractivity contribution in [1.82, 2.24) is 0 Å². The van der Waals surface area contributed by atoms with Gasteiger partial charge in [-0.3, -0.25) is 9.35 Å². The lowest BCUT2D eigenvalue weighted by atomic mass is 9.99. The standard InChI is InChI=1S/C38H70O12S/c1-3-5-7-9-11-13-15-17-19-21-23-25-27-34(40)48-32(30-46-28-26-24-22-20-18-16-14-12-10-8-6-4-2)31-47-38-36(42)37(50-51(43,44)45)35(41)33(29-39)49-38/h10-13,32-33,35-39,41-42H,3-9,14-31H2,1-2H3,(H,43,44,45)/b12-10-,13-11-. The third-order valence-corrected chi connectivity index (χ3v) is 9.26. The number of carbonyl (C=O) groups is 1. The number of allylic oxidation sites excluding steroid dienone is 4. The van der Waals surface area contributed by atoms with Gasteiger partial charge in [0.25, 0.3) is 0 Å². The Balaban J connectivity index is 2.52. The molecule has 1 fully saturated rings. The van der Waals surface area contributed by atoms with Crippen LogP contribution >= 0.6 is 0 Å². The minimum Gasteiger partial charge on any atom is -0.457 e. The van der Waals surface area contributed by atoms with Crippen molar-refractivity contribution in [2.45, 2.75) is 185 Å². The molecule has 1 aliphatic heterocycles. The van der Waals surface area contributed by atoms with Crippen LogP contribution in [0.5, 0.6) is 0 Å². The van der Waals surface area contributed by atoms with Gasteiger partial charge in [0.2, 0.25) is 0 Å². The van der Waals surface area contributed by atoms with Crippen LogP contribution in [0.4, 0.5) is 0 Å². The van der Waals surface area contributed by atoms with E-state index in [9.17, 15) is 28.5 Å². The van der Waals surface area contributed by atoms with Crippen LogP contribution in [0.3, 0.4) is 0 Å². The van der Waals surface area contributed by atoms with Crippen molar-refractivity contribution in [3.05, 3.63) is 24.3 Å². The smallest absolute Gasteiger partial charge is 0.397 e. The first-order valence-electron chi connectivity index (χ1n) is 19.6. The van der Waals surface area contributed by atoms with Crippen molar-refractivity contribution < 1.29 is 56.2 Å². The van der Waals surface area contributed by atoms with Gasteiger partial charge in [-0.25, -0.2) is 4.18 Å². The second-order valence-corrected chi connectivity index (χ2v) is 14.6. The molecule has 6 unspecified atom stereocenters. The number of ether oxygens (including phenoxy) is 4. The van der Waals surface area contributed by atoms with Gasteiger partial charge in [0, 0.05) is 13.0 Å². The van der Waals surface area contributed by atoms with E-state index in [1.54, 1.807) is 0 Å². The highest BCUT2D eigenvalue weighted by Gasteiger charge is 2.48. The highest BCUT2D eigenvalue weighted by atomic mass is 32.3. The highest BCUT2D eigenvalue weighted by Crippen LogP contribution is 2.26. The van der Waals surface area contributed by atoms with E-state index < -0.39 is 59.8 Å². The largest absolute Gasteiger partial charge is 0.457 e. The van der Waals surface area contributed by atoms with Crippen molar-refractivity contribution in [2.24, 2.45) is 0 Å². The minimum absolute atomic E-state index is 0.0296. The molecule has 0 bridgehead atoms. The summed E-state index contributed by atoms with van der Waals surface area (Å²) in [6, 6.07) is 0. The molecule has 4 N–H and O–H groups in total. The second-order valence-electron chi connectivity index (χ2n) is 13.5. The first kappa shape index (κ1) is 47.6. The number of aliphatic hydroxyl groups excluding tert-OH is 3. The van der Waals surface area contributed by atoms with Crippen molar-refractivity contribution >= 4 is 16.4 Å². The van der Waals surface area contributed by atoms with Crippen LogP contribution < -0.4 is 0 Å². The number of hydrogen-bond donors (Lipinski definition) is 4. The van der Waals surface area contributed by atoms with Crippen LogP contribution in [-0.4, -0.2) is 97.5 Å². The second kappa shape index (κ2) is 31.0. The molecule has 0 spiro atoms. The molecule has 1 aliphatic rings. The lowest BCUT2D eigenvalue weighted by Gasteiger charge is -2.41. The van der Waals surface area contributed by atoms with Crippen molar-refractivity contribution in [2.75, 3.05) is 26.4 Å². The maximum Gasteiger partial charge on any atom is 0.397 e. The molecule has 51 heavy (non-hydrogen) atoms. The Hall–Kier alpha value is -1.42. The van der Waals surface area contributed by atoms with Gasteiger partial charge in [-0.1, -0.05) is 109 Å². The molecule has 13 heteroatoms. The molecule has 0 saturated carbocycles. The van der Waals surface area contributed by atoms with E-state index in [2.05, 4.69) is 42.3 Å². The van der Waals surface area contributed by atoms with Gasteiger partial charge in [0.05, 0.1) is 19.8 Å². The van der Waals surface area contributed by atoms with E-state index in [1.807, 2.05) is 0 Å². The molecule has 6 atom stereocenters. The monoisotopic (exact) mass is 750 g/mol. The van der Waals surface area contributed by atoms with Gasteiger partial charge in [-0.2, -0.15) is 8.42 Å². The zero-order valence-corrected chi connectivity index (χ0v) is 32.2. The molecule has 0 aliphatic carbocycles. The number of aliphatic hydroxyl groups is 3. The van der Waals surface area contributed by atoms with E-state index in [4.69, 9.17) is 23.5 Å². The molecule has 12 nitrogen and oxygen atoms in total. The fourth-order valence-electron chi connectivity index (χ4n) is 5.76.